The van der Waals surface area contributed by atoms with E-state index in [0.29, 0.717) is 23.7 Å². The lowest BCUT2D eigenvalue weighted by Crippen LogP contribution is -2.46. The molecule has 1 N–H and O–H groups in total. The van der Waals surface area contributed by atoms with Gasteiger partial charge in [-0.25, -0.2) is 0 Å². The van der Waals surface area contributed by atoms with Crippen LogP contribution in [0.3, 0.4) is 0 Å². The molecule has 2 fully saturated rings. The number of rotatable bonds is 4. The fourth-order valence-electron chi connectivity index (χ4n) is 3.94. The lowest BCUT2D eigenvalue weighted by atomic mass is 9.82. The summed E-state index contributed by atoms with van der Waals surface area (Å²) >= 11 is 0. The average Bonchev–Trinajstić information content (AvgIpc) is 2.73. The fourth-order valence-corrected chi connectivity index (χ4v) is 3.94. The number of hydrogen-bond acceptors (Lipinski definition) is 4. The number of carbonyl (C=O) groups is 2. The Balaban J connectivity index is 1.94. The Hall–Kier alpha value is -2.04. The van der Waals surface area contributed by atoms with E-state index >= 15 is 0 Å². The van der Waals surface area contributed by atoms with Gasteiger partial charge in [0.25, 0.3) is 0 Å². The normalized spacial score (nSPS) is 23.0. The molecule has 1 aliphatic heterocycles. The first-order valence-corrected chi connectivity index (χ1v) is 8.78. The van der Waals surface area contributed by atoms with Crippen molar-refractivity contribution < 1.29 is 19.1 Å². The van der Waals surface area contributed by atoms with Crippen LogP contribution in [0.4, 0.5) is 0 Å². The van der Waals surface area contributed by atoms with Crippen molar-refractivity contribution in [2.45, 2.75) is 56.9 Å². The van der Waals surface area contributed by atoms with Crippen molar-refractivity contribution in [2.75, 3.05) is 13.7 Å². The molecule has 1 atom stereocenters. The Morgan fingerprint density at radius 2 is 1.88 bits per heavy atom. The van der Waals surface area contributed by atoms with Crippen LogP contribution in [0.1, 0.15) is 56.9 Å². The predicted octanol–water partition coefficient (Wildman–Crippen LogP) is 2.97. The minimum Gasteiger partial charge on any atom is -0.496 e. The lowest BCUT2D eigenvalue weighted by molar-refractivity contribution is -0.125. The molecule has 1 heterocycles. The van der Waals surface area contributed by atoms with Crippen molar-refractivity contribution in [3.05, 3.63) is 23.8 Å². The molecule has 3 rings (SSSR count). The number of nitrogens with one attached hydrogen (secondary N) is 1. The summed E-state index contributed by atoms with van der Waals surface area (Å²) in [6, 6.07) is 5.32. The van der Waals surface area contributed by atoms with E-state index in [-0.39, 0.29) is 11.7 Å². The van der Waals surface area contributed by atoms with Gasteiger partial charge in [-0.3, -0.25) is 9.59 Å². The molecule has 24 heavy (non-hydrogen) atoms. The molecule has 2 aliphatic rings. The number of carbonyl (C=O) groups excluding carboxylic acids is 2. The molecule has 1 aromatic carbocycles. The molecule has 0 aromatic heterocycles. The Morgan fingerprint density at radius 1 is 1.17 bits per heavy atom. The summed E-state index contributed by atoms with van der Waals surface area (Å²) in [4.78, 5) is 25.8. The van der Waals surface area contributed by atoms with Gasteiger partial charge in [0.15, 0.2) is 5.78 Å². The van der Waals surface area contributed by atoms with Gasteiger partial charge in [-0.2, -0.15) is 0 Å². The third-order valence-corrected chi connectivity index (χ3v) is 5.14. The van der Waals surface area contributed by atoms with E-state index in [2.05, 4.69) is 5.32 Å². The second kappa shape index (κ2) is 6.83. The zero-order chi connectivity index (χ0) is 17.2. The van der Waals surface area contributed by atoms with Gasteiger partial charge in [-0.1, -0.05) is 31.7 Å². The summed E-state index contributed by atoms with van der Waals surface area (Å²) in [5.41, 5.74) is -0.0495. The summed E-state index contributed by atoms with van der Waals surface area (Å²) in [7, 11) is 1.55. The molecule has 1 spiro atoms. The smallest absolute Gasteiger partial charge is 0.236 e. The number of benzene rings is 1. The minimum absolute atomic E-state index is 0.00291. The van der Waals surface area contributed by atoms with Gasteiger partial charge in [-0.15, -0.1) is 0 Å². The van der Waals surface area contributed by atoms with Crippen LogP contribution in [-0.2, 0) is 9.59 Å². The first-order valence-electron chi connectivity index (χ1n) is 8.78. The highest BCUT2D eigenvalue weighted by atomic mass is 16.5. The molecule has 130 valence electrons. The van der Waals surface area contributed by atoms with Crippen molar-refractivity contribution in [3.8, 4) is 11.5 Å². The lowest BCUT2D eigenvalue weighted by Gasteiger charge is -2.25. The van der Waals surface area contributed by atoms with E-state index in [1.165, 1.54) is 0 Å². The van der Waals surface area contributed by atoms with Crippen molar-refractivity contribution in [3.63, 3.8) is 0 Å². The topological polar surface area (TPSA) is 64.6 Å². The Morgan fingerprint density at radius 3 is 2.50 bits per heavy atom. The molecular weight excluding hydrogens is 306 g/mol. The van der Waals surface area contributed by atoms with E-state index < -0.39 is 11.5 Å². The summed E-state index contributed by atoms with van der Waals surface area (Å²) < 4.78 is 10.9. The second-order valence-electron chi connectivity index (χ2n) is 6.62. The molecule has 1 amide bonds. The maximum atomic E-state index is 13.2. The second-order valence-corrected chi connectivity index (χ2v) is 6.62. The van der Waals surface area contributed by atoms with Crippen LogP contribution in [0.25, 0.3) is 0 Å². The predicted molar refractivity (Wildman–Crippen MR) is 90.5 cm³/mol. The quantitative estimate of drug-likeness (QED) is 0.862. The number of Topliss-reactive ketones (excluding diaryl/α,β-unsaturated/α-hetero) is 1. The summed E-state index contributed by atoms with van der Waals surface area (Å²) in [5, 5.41) is 3.02. The van der Waals surface area contributed by atoms with Crippen LogP contribution in [0.2, 0.25) is 0 Å². The van der Waals surface area contributed by atoms with Gasteiger partial charge in [0.1, 0.15) is 17.4 Å². The van der Waals surface area contributed by atoms with Crippen molar-refractivity contribution in [1.82, 2.24) is 5.32 Å². The van der Waals surface area contributed by atoms with Crippen LogP contribution in [0.15, 0.2) is 18.2 Å². The van der Waals surface area contributed by atoms with Gasteiger partial charge in [0, 0.05) is 11.6 Å². The molecule has 5 nitrogen and oxygen atoms in total. The zero-order valence-electron chi connectivity index (χ0n) is 14.4. The van der Waals surface area contributed by atoms with Gasteiger partial charge in [0.2, 0.25) is 5.91 Å². The van der Waals surface area contributed by atoms with Crippen molar-refractivity contribution in [2.24, 2.45) is 0 Å². The molecule has 0 bridgehead atoms. The van der Waals surface area contributed by atoms with Crippen molar-refractivity contribution in [1.29, 1.82) is 0 Å². The van der Waals surface area contributed by atoms with Crippen LogP contribution >= 0.6 is 0 Å². The molecule has 1 saturated heterocycles. The SMILES string of the molecule is CCOc1ccc(C2C(=O)NC3(CCCCCC3)C2=O)c(OC)c1. The third-order valence-electron chi connectivity index (χ3n) is 5.14. The Bertz CT molecular complexity index is 632. The van der Waals surface area contributed by atoms with Crippen LogP contribution in [0, 0.1) is 0 Å². The third kappa shape index (κ3) is 2.87. The largest absolute Gasteiger partial charge is 0.496 e. The first-order chi connectivity index (χ1) is 11.6. The number of hydrogen-bond donors (Lipinski definition) is 1. The first kappa shape index (κ1) is 16.8. The van der Waals surface area contributed by atoms with E-state index in [0.717, 1.165) is 38.5 Å². The number of methoxy groups -OCH3 is 1. The highest BCUT2D eigenvalue weighted by Crippen LogP contribution is 2.41. The van der Waals surface area contributed by atoms with Gasteiger partial charge in [0.05, 0.1) is 19.3 Å². The van der Waals surface area contributed by atoms with Gasteiger partial charge >= 0.3 is 0 Å². The Kier molecular flexibility index (Phi) is 4.78. The number of ketones is 1. The highest BCUT2D eigenvalue weighted by molar-refractivity contribution is 6.17. The molecule has 1 saturated carbocycles. The zero-order valence-corrected chi connectivity index (χ0v) is 14.4. The molecular formula is C19H25NO4. The van der Waals surface area contributed by atoms with Crippen molar-refractivity contribution >= 4 is 11.7 Å². The molecule has 1 unspecified atom stereocenters. The highest BCUT2D eigenvalue weighted by Gasteiger charge is 2.53. The average molecular weight is 331 g/mol. The van der Waals surface area contributed by atoms with Crippen LogP contribution in [-0.4, -0.2) is 30.9 Å². The standard InChI is InChI=1S/C19H25NO4/c1-3-24-13-8-9-14(15(12-13)23-2)16-17(21)19(20-18(16)22)10-6-4-5-7-11-19/h8-9,12,16H,3-7,10-11H2,1-2H3,(H,20,22). The number of amides is 1. The van der Waals surface area contributed by atoms with Crippen LogP contribution < -0.4 is 14.8 Å². The monoisotopic (exact) mass is 331 g/mol. The van der Waals surface area contributed by atoms with E-state index in [1.807, 2.05) is 6.92 Å². The maximum Gasteiger partial charge on any atom is 0.236 e. The Labute approximate surface area is 142 Å². The fraction of sp³-hybridized carbons (Fsp3) is 0.579. The van der Waals surface area contributed by atoms with Gasteiger partial charge in [-0.05, 0) is 25.8 Å². The summed E-state index contributed by atoms with van der Waals surface area (Å²) in [5.74, 6) is 0.211. The van der Waals surface area contributed by atoms with E-state index in [1.54, 1.807) is 25.3 Å². The minimum atomic E-state index is -0.784. The van der Waals surface area contributed by atoms with E-state index in [9.17, 15) is 9.59 Å². The maximum absolute atomic E-state index is 13.2. The number of ether oxygens (including phenoxy) is 2. The molecule has 1 aromatic rings. The summed E-state index contributed by atoms with van der Waals surface area (Å²) in [6.07, 6.45) is 5.71. The summed E-state index contributed by atoms with van der Waals surface area (Å²) in [6.45, 7) is 2.46. The van der Waals surface area contributed by atoms with Crippen LogP contribution in [0.5, 0.6) is 11.5 Å². The van der Waals surface area contributed by atoms with E-state index in [4.69, 9.17) is 9.47 Å². The molecule has 5 heteroatoms. The molecule has 0 radical (unpaired) electrons. The molecule has 1 aliphatic carbocycles. The van der Waals surface area contributed by atoms with Gasteiger partial charge < -0.3 is 14.8 Å².